The minimum absolute atomic E-state index is 0.0164. The Hall–Kier alpha value is -3.07. The summed E-state index contributed by atoms with van der Waals surface area (Å²) in [4.78, 5) is 43.9. The molecule has 0 atom stereocenters. The summed E-state index contributed by atoms with van der Waals surface area (Å²) in [6.07, 6.45) is 5.20. The van der Waals surface area contributed by atoms with Gasteiger partial charge in [0.15, 0.2) is 12.5 Å². The summed E-state index contributed by atoms with van der Waals surface area (Å²) in [5.74, 6) is -1.19. The number of hydrogen-bond donors (Lipinski definition) is 3. The lowest BCUT2D eigenvalue weighted by molar-refractivity contribution is 0.0905. The van der Waals surface area contributed by atoms with Gasteiger partial charge in [0.1, 0.15) is 5.75 Å². The molecule has 216 valence electrons. The maximum absolute atomic E-state index is 15.2. The Labute approximate surface area is 232 Å². The molecule has 0 saturated heterocycles. The lowest BCUT2D eigenvalue weighted by Crippen LogP contribution is -2.22. The highest BCUT2D eigenvalue weighted by Gasteiger charge is 2.24. The van der Waals surface area contributed by atoms with Gasteiger partial charge < -0.3 is 24.4 Å². The van der Waals surface area contributed by atoms with Gasteiger partial charge in [-0.2, -0.15) is 4.99 Å². The number of halogens is 1. The minimum Gasteiger partial charge on any atom is -0.494 e. The average Bonchev–Trinajstić information content (AvgIpc) is 3.29. The third-order valence-corrected chi connectivity index (χ3v) is 7.64. The van der Waals surface area contributed by atoms with Crippen LogP contribution in [-0.2, 0) is 15.8 Å². The molecular formula is C24H29FN5O8PS. The van der Waals surface area contributed by atoms with Gasteiger partial charge >= 0.3 is 7.82 Å². The molecule has 1 saturated carbocycles. The van der Waals surface area contributed by atoms with Crippen molar-refractivity contribution >= 4 is 25.1 Å². The zero-order chi connectivity index (χ0) is 29.0. The summed E-state index contributed by atoms with van der Waals surface area (Å²) in [6.45, 7) is 2.76. The molecule has 1 fully saturated rings. The van der Waals surface area contributed by atoms with Crippen molar-refractivity contribution in [1.29, 1.82) is 0 Å². The van der Waals surface area contributed by atoms with E-state index in [0.717, 1.165) is 28.9 Å². The SMILES string of the molecule is COc1cnc(C)c(F)c1-c1cc(C)ncc1C(=O)/N=c1\sc(OCC2CCC(O)CC2)nn1COP(=O)(O)O. The summed E-state index contributed by atoms with van der Waals surface area (Å²) < 4.78 is 43.2. The number of methoxy groups -OCH3 is 1. The zero-order valence-corrected chi connectivity index (χ0v) is 23.7. The fraction of sp³-hybridized carbons (Fsp3) is 0.458. The molecular weight excluding hydrogens is 568 g/mol. The summed E-state index contributed by atoms with van der Waals surface area (Å²) >= 11 is 0.871. The van der Waals surface area contributed by atoms with Crippen LogP contribution in [0.3, 0.4) is 0 Å². The monoisotopic (exact) mass is 597 g/mol. The number of aliphatic hydroxyl groups is 1. The first-order chi connectivity index (χ1) is 18.9. The molecule has 1 aliphatic rings. The molecule has 0 unspecified atom stereocenters. The molecule has 0 aliphatic heterocycles. The van der Waals surface area contributed by atoms with Crippen molar-refractivity contribution in [2.24, 2.45) is 10.9 Å². The number of nitrogens with zero attached hydrogens (tertiary/aromatic N) is 5. The molecule has 3 aromatic rings. The number of pyridine rings is 2. The van der Waals surface area contributed by atoms with Crippen LogP contribution in [0.2, 0.25) is 0 Å². The molecule has 1 amide bonds. The number of rotatable bonds is 9. The van der Waals surface area contributed by atoms with Crippen LogP contribution >= 0.6 is 19.2 Å². The second-order valence-corrected chi connectivity index (χ2v) is 11.4. The van der Waals surface area contributed by atoms with Crippen molar-refractivity contribution in [3.63, 3.8) is 0 Å². The Morgan fingerprint density at radius 2 is 1.95 bits per heavy atom. The van der Waals surface area contributed by atoms with Gasteiger partial charge in [0, 0.05) is 17.5 Å². The van der Waals surface area contributed by atoms with Gasteiger partial charge in [0.25, 0.3) is 11.1 Å². The van der Waals surface area contributed by atoms with Gasteiger partial charge in [0.2, 0.25) is 4.80 Å². The van der Waals surface area contributed by atoms with Crippen LogP contribution in [0.1, 0.15) is 47.4 Å². The van der Waals surface area contributed by atoms with Gasteiger partial charge in [-0.05, 0) is 62.9 Å². The maximum atomic E-state index is 15.2. The van der Waals surface area contributed by atoms with E-state index in [2.05, 4.69) is 24.6 Å². The van der Waals surface area contributed by atoms with E-state index < -0.39 is 26.3 Å². The molecule has 0 bridgehead atoms. The second-order valence-electron chi connectivity index (χ2n) is 9.27. The minimum atomic E-state index is -4.87. The summed E-state index contributed by atoms with van der Waals surface area (Å²) in [5.41, 5.74) is 0.760. The Balaban J connectivity index is 1.71. The lowest BCUT2D eigenvalue weighted by Gasteiger charge is -2.24. The maximum Gasteiger partial charge on any atom is 0.471 e. The Morgan fingerprint density at radius 3 is 2.62 bits per heavy atom. The smallest absolute Gasteiger partial charge is 0.471 e. The van der Waals surface area contributed by atoms with E-state index >= 15 is 4.39 Å². The van der Waals surface area contributed by atoms with E-state index in [4.69, 9.17) is 19.3 Å². The van der Waals surface area contributed by atoms with E-state index in [-0.39, 0.29) is 50.2 Å². The van der Waals surface area contributed by atoms with Crippen LogP contribution in [0.25, 0.3) is 11.1 Å². The van der Waals surface area contributed by atoms with E-state index in [0.29, 0.717) is 25.1 Å². The van der Waals surface area contributed by atoms with E-state index in [1.165, 1.54) is 32.5 Å². The highest BCUT2D eigenvalue weighted by molar-refractivity contribution is 7.46. The predicted octanol–water partition coefficient (Wildman–Crippen LogP) is 2.90. The highest BCUT2D eigenvalue weighted by Crippen LogP contribution is 2.37. The van der Waals surface area contributed by atoms with Gasteiger partial charge in [0.05, 0.1) is 42.8 Å². The van der Waals surface area contributed by atoms with Crippen molar-refractivity contribution in [3.05, 3.63) is 46.0 Å². The number of carbonyl (C=O) groups is 1. The van der Waals surface area contributed by atoms with E-state index in [9.17, 15) is 14.5 Å². The molecule has 3 N–H and O–H groups in total. The van der Waals surface area contributed by atoms with Crippen LogP contribution in [-0.4, -0.2) is 60.4 Å². The third-order valence-electron chi connectivity index (χ3n) is 6.33. The molecule has 4 rings (SSSR count). The van der Waals surface area contributed by atoms with Crippen molar-refractivity contribution in [3.8, 4) is 22.1 Å². The van der Waals surface area contributed by atoms with Gasteiger partial charge in [-0.3, -0.25) is 19.3 Å². The van der Waals surface area contributed by atoms with Crippen molar-refractivity contribution < 1.29 is 42.6 Å². The molecule has 3 heterocycles. The summed E-state index contributed by atoms with van der Waals surface area (Å²) in [5, 5.41) is 14.0. The van der Waals surface area contributed by atoms with Gasteiger partial charge in [-0.25, -0.2) is 13.6 Å². The number of aryl methyl sites for hydroxylation is 2. The molecule has 16 heteroatoms. The number of aliphatic hydroxyl groups excluding tert-OH is 1. The number of phosphoric ester groups is 1. The van der Waals surface area contributed by atoms with Crippen molar-refractivity contribution in [2.45, 2.75) is 52.4 Å². The van der Waals surface area contributed by atoms with E-state index in [1.807, 2.05) is 0 Å². The molecule has 13 nitrogen and oxygen atoms in total. The fourth-order valence-electron chi connectivity index (χ4n) is 4.20. The van der Waals surface area contributed by atoms with Gasteiger partial charge in [-0.15, -0.1) is 5.10 Å². The molecule has 40 heavy (non-hydrogen) atoms. The molecule has 3 aromatic heterocycles. The van der Waals surface area contributed by atoms with Crippen molar-refractivity contribution in [1.82, 2.24) is 19.7 Å². The number of carbonyl (C=O) groups excluding carboxylic acids is 1. The first kappa shape index (κ1) is 29.9. The Bertz CT molecular complexity index is 1500. The van der Waals surface area contributed by atoms with Crippen LogP contribution in [0.4, 0.5) is 4.39 Å². The number of aromatic nitrogens is 4. The van der Waals surface area contributed by atoms with Crippen LogP contribution < -0.4 is 14.3 Å². The number of amides is 1. The van der Waals surface area contributed by atoms with Gasteiger partial charge in [-0.1, -0.05) is 0 Å². The molecule has 0 aromatic carbocycles. The average molecular weight is 598 g/mol. The molecule has 1 aliphatic carbocycles. The predicted molar refractivity (Wildman–Crippen MR) is 140 cm³/mol. The lowest BCUT2D eigenvalue weighted by atomic mass is 9.88. The summed E-state index contributed by atoms with van der Waals surface area (Å²) in [7, 11) is -3.51. The Morgan fingerprint density at radius 1 is 1.23 bits per heavy atom. The standard InChI is InChI=1S/C24H29FN5O8PS/c1-13-8-17(20-19(36-3)10-27-14(2)21(20)25)18(9-26-13)22(32)28-23-30(12-38-39(33,34)35)29-24(40-23)37-11-15-4-6-16(31)7-5-15/h8-10,15-16,31H,4-7,11-12H2,1-3H3,(H2,33,34,35)/b28-23-. The van der Waals surface area contributed by atoms with Crippen molar-refractivity contribution in [2.75, 3.05) is 13.7 Å². The third kappa shape index (κ3) is 7.36. The number of hydrogen-bond acceptors (Lipinski definition) is 10. The molecule has 0 radical (unpaired) electrons. The fourth-order valence-corrected chi connectivity index (χ4v) is 5.21. The quantitative estimate of drug-likeness (QED) is 0.309. The first-order valence-electron chi connectivity index (χ1n) is 12.3. The normalized spacial score (nSPS) is 18.1. The summed E-state index contributed by atoms with van der Waals surface area (Å²) in [6, 6.07) is 1.52. The largest absolute Gasteiger partial charge is 0.494 e. The van der Waals surface area contributed by atoms with Crippen LogP contribution in [0.15, 0.2) is 23.5 Å². The Kier molecular flexibility index (Phi) is 9.44. The number of ether oxygens (including phenoxy) is 2. The van der Waals surface area contributed by atoms with Crippen LogP contribution in [0, 0.1) is 25.6 Å². The highest BCUT2D eigenvalue weighted by atomic mass is 32.1. The van der Waals surface area contributed by atoms with E-state index in [1.54, 1.807) is 6.92 Å². The second kappa shape index (κ2) is 12.6. The topological polar surface area (TPSA) is 178 Å². The first-order valence-corrected chi connectivity index (χ1v) is 14.6. The van der Waals surface area contributed by atoms with Crippen LogP contribution in [0.5, 0.6) is 10.9 Å². The number of phosphoric acid groups is 1. The zero-order valence-electron chi connectivity index (χ0n) is 22.0. The molecule has 0 spiro atoms.